The maximum atomic E-state index is 9.79. The lowest BCUT2D eigenvalue weighted by Crippen LogP contribution is -1.94. The van der Waals surface area contributed by atoms with Crippen LogP contribution in [0, 0.1) is 0 Å². The Labute approximate surface area is 99.7 Å². The van der Waals surface area contributed by atoms with Crippen LogP contribution in [-0.4, -0.2) is 16.4 Å². The van der Waals surface area contributed by atoms with Crippen molar-refractivity contribution >= 4 is 6.21 Å². The number of nitrogens with zero attached hydrogens (tertiary/aromatic N) is 1. The minimum absolute atomic E-state index is 0.150. The van der Waals surface area contributed by atoms with E-state index in [9.17, 15) is 10.2 Å². The monoisotopic (exact) mass is 227 g/mol. The van der Waals surface area contributed by atoms with Crippen LogP contribution in [0.3, 0.4) is 0 Å². The standard InChI is InChI=1S/C14H13NO2/c16-13-9-5-4-8-12(13)10-15-14(17)11-6-2-1-3-7-11/h1-10,14,16-17H. The Bertz CT molecular complexity index is 509. The highest BCUT2D eigenvalue weighted by Crippen LogP contribution is 2.16. The van der Waals surface area contributed by atoms with Gasteiger partial charge in [-0.25, -0.2) is 0 Å². The van der Waals surface area contributed by atoms with Gasteiger partial charge < -0.3 is 10.2 Å². The summed E-state index contributed by atoms with van der Waals surface area (Å²) in [6, 6.07) is 16.0. The number of aliphatic hydroxyl groups excluding tert-OH is 1. The summed E-state index contributed by atoms with van der Waals surface area (Å²) >= 11 is 0. The SMILES string of the molecule is Oc1ccccc1C=NC(O)c1ccccc1. The smallest absolute Gasteiger partial charge is 0.171 e. The van der Waals surface area contributed by atoms with E-state index >= 15 is 0 Å². The first kappa shape index (κ1) is 11.4. The van der Waals surface area contributed by atoms with E-state index in [2.05, 4.69) is 4.99 Å². The first-order chi connectivity index (χ1) is 8.27. The fourth-order valence-electron chi connectivity index (χ4n) is 1.46. The lowest BCUT2D eigenvalue weighted by Gasteiger charge is -2.05. The fourth-order valence-corrected chi connectivity index (χ4v) is 1.46. The molecule has 2 rings (SSSR count). The molecule has 2 N–H and O–H groups in total. The minimum atomic E-state index is -0.907. The molecule has 0 aliphatic carbocycles. The van der Waals surface area contributed by atoms with Crippen LogP contribution in [-0.2, 0) is 0 Å². The van der Waals surface area contributed by atoms with Gasteiger partial charge in [0, 0.05) is 17.3 Å². The molecule has 1 unspecified atom stereocenters. The predicted molar refractivity (Wildman–Crippen MR) is 67.1 cm³/mol. The third-order valence-corrected chi connectivity index (χ3v) is 2.39. The number of benzene rings is 2. The summed E-state index contributed by atoms with van der Waals surface area (Å²) in [6.07, 6.45) is 0.559. The lowest BCUT2D eigenvalue weighted by atomic mass is 10.2. The highest BCUT2D eigenvalue weighted by Gasteiger charge is 2.03. The van der Waals surface area contributed by atoms with Crippen LogP contribution in [0.5, 0.6) is 5.75 Å². The Balaban J connectivity index is 2.14. The van der Waals surface area contributed by atoms with Gasteiger partial charge in [-0.15, -0.1) is 0 Å². The molecule has 0 bridgehead atoms. The van der Waals surface area contributed by atoms with Gasteiger partial charge in [0.25, 0.3) is 0 Å². The van der Waals surface area contributed by atoms with Crippen molar-refractivity contribution in [1.29, 1.82) is 0 Å². The Kier molecular flexibility index (Phi) is 3.52. The van der Waals surface area contributed by atoms with Crippen molar-refractivity contribution in [3.05, 3.63) is 65.7 Å². The van der Waals surface area contributed by atoms with Gasteiger partial charge in [0.2, 0.25) is 0 Å². The van der Waals surface area contributed by atoms with Gasteiger partial charge in [0.1, 0.15) is 5.75 Å². The van der Waals surface area contributed by atoms with Crippen molar-refractivity contribution < 1.29 is 10.2 Å². The normalized spacial score (nSPS) is 12.8. The zero-order valence-corrected chi connectivity index (χ0v) is 9.19. The zero-order valence-electron chi connectivity index (χ0n) is 9.19. The third kappa shape index (κ3) is 2.92. The number of aliphatic hydroxyl groups is 1. The molecule has 0 radical (unpaired) electrons. The van der Waals surface area contributed by atoms with Gasteiger partial charge in [-0.05, 0) is 12.1 Å². The number of rotatable bonds is 3. The summed E-state index contributed by atoms with van der Waals surface area (Å²) in [5.74, 6) is 0.150. The molecule has 17 heavy (non-hydrogen) atoms. The quantitative estimate of drug-likeness (QED) is 0.791. The fraction of sp³-hybridized carbons (Fsp3) is 0.0714. The van der Waals surface area contributed by atoms with E-state index in [1.54, 1.807) is 36.4 Å². The molecule has 0 aliphatic rings. The molecule has 0 amide bonds. The predicted octanol–water partition coefficient (Wildman–Crippen LogP) is 2.50. The average Bonchev–Trinajstić information content (AvgIpc) is 2.38. The van der Waals surface area contributed by atoms with E-state index in [4.69, 9.17) is 0 Å². The largest absolute Gasteiger partial charge is 0.507 e. The van der Waals surface area contributed by atoms with Crippen LogP contribution >= 0.6 is 0 Å². The number of para-hydroxylation sites is 1. The van der Waals surface area contributed by atoms with E-state index in [0.29, 0.717) is 5.56 Å². The third-order valence-electron chi connectivity index (χ3n) is 2.39. The van der Waals surface area contributed by atoms with Crippen molar-refractivity contribution in [2.75, 3.05) is 0 Å². The minimum Gasteiger partial charge on any atom is -0.507 e. The van der Waals surface area contributed by atoms with Gasteiger partial charge in [-0.3, -0.25) is 4.99 Å². The summed E-state index contributed by atoms with van der Waals surface area (Å²) in [5, 5.41) is 19.3. The van der Waals surface area contributed by atoms with Crippen LogP contribution in [0.1, 0.15) is 17.4 Å². The zero-order chi connectivity index (χ0) is 12.1. The lowest BCUT2D eigenvalue weighted by molar-refractivity contribution is 0.189. The molecule has 3 heteroatoms. The second-order valence-electron chi connectivity index (χ2n) is 3.62. The summed E-state index contributed by atoms with van der Waals surface area (Å²) in [4.78, 5) is 4.00. The first-order valence-corrected chi connectivity index (χ1v) is 5.31. The van der Waals surface area contributed by atoms with Crippen molar-refractivity contribution in [1.82, 2.24) is 0 Å². The highest BCUT2D eigenvalue weighted by atomic mass is 16.3. The molecular weight excluding hydrogens is 214 g/mol. The Morgan fingerprint density at radius 1 is 0.941 bits per heavy atom. The second kappa shape index (κ2) is 5.27. The first-order valence-electron chi connectivity index (χ1n) is 5.31. The summed E-state index contributed by atoms with van der Waals surface area (Å²) < 4.78 is 0. The molecular formula is C14H13NO2. The van der Waals surface area contributed by atoms with Crippen LogP contribution in [0.2, 0.25) is 0 Å². The maximum Gasteiger partial charge on any atom is 0.171 e. The van der Waals surface area contributed by atoms with Gasteiger partial charge in [-0.2, -0.15) is 0 Å². The molecule has 3 nitrogen and oxygen atoms in total. The summed E-state index contributed by atoms with van der Waals surface area (Å²) in [7, 11) is 0. The number of phenolic OH excluding ortho intramolecular Hbond substituents is 1. The Morgan fingerprint density at radius 2 is 1.59 bits per heavy atom. The molecule has 0 aromatic heterocycles. The van der Waals surface area contributed by atoms with Crippen LogP contribution in [0.15, 0.2) is 59.6 Å². The van der Waals surface area contributed by atoms with Gasteiger partial charge in [-0.1, -0.05) is 42.5 Å². The maximum absolute atomic E-state index is 9.79. The molecule has 0 fully saturated rings. The molecule has 2 aromatic carbocycles. The number of phenols is 1. The number of aromatic hydroxyl groups is 1. The molecule has 1 atom stereocenters. The van der Waals surface area contributed by atoms with E-state index < -0.39 is 6.23 Å². The molecule has 0 aliphatic heterocycles. The van der Waals surface area contributed by atoms with Crippen molar-refractivity contribution in [3.63, 3.8) is 0 Å². The van der Waals surface area contributed by atoms with Crippen molar-refractivity contribution in [2.24, 2.45) is 4.99 Å². The Morgan fingerprint density at radius 3 is 2.29 bits per heavy atom. The molecule has 0 saturated heterocycles. The van der Waals surface area contributed by atoms with Gasteiger partial charge in [0.05, 0.1) is 0 Å². The second-order valence-corrected chi connectivity index (χ2v) is 3.62. The summed E-state index contributed by atoms with van der Waals surface area (Å²) in [6.45, 7) is 0. The number of aliphatic imine (C=N–C) groups is 1. The van der Waals surface area contributed by atoms with E-state index in [1.807, 2.05) is 18.2 Å². The van der Waals surface area contributed by atoms with E-state index in [1.165, 1.54) is 6.21 Å². The number of hydrogen-bond acceptors (Lipinski definition) is 3. The topological polar surface area (TPSA) is 52.8 Å². The molecule has 0 saturated carbocycles. The van der Waals surface area contributed by atoms with E-state index in [0.717, 1.165) is 5.56 Å². The molecule has 2 aromatic rings. The molecule has 0 spiro atoms. The van der Waals surface area contributed by atoms with Crippen molar-refractivity contribution in [3.8, 4) is 5.75 Å². The van der Waals surface area contributed by atoms with Gasteiger partial charge in [0.15, 0.2) is 6.23 Å². The molecule has 86 valence electrons. The van der Waals surface area contributed by atoms with Crippen molar-refractivity contribution in [2.45, 2.75) is 6.23 Å². The van der Waals surface area contributed by atoms with Gasteiger partial charge >= 0.3 is 0 Å². The number of hydrogen-bond donors (Lipinski definition) is 2. The summed E-state index contributed by atoms with van der Waals surface area (Å²) in [5.41, 5.74) is 1.31. The van der Waals surface area contributed by atoms with Crippen LogP contribution in [0.25, 0.3) is 0 Å². The average molecular weight is 227 g/mol. The van der Waals surface area contributed by atoms with Crippen LogP contribution < -0.4 is 0 Å². The van der Waals surface area contributed by atoms with Crippen LogP contribution in [0.4, 0.5) is 0 Å². The van der Waals surface area contributed by atoms with E-state index in [-0.39, 0.29) is 5.75 Å². The highest BCUT2D eigenvalue weighted by molar-refractivity contribution is 5.83. The molecule has 0 heterocycles. The Hall–Kier alpha value is -2.13.